The largest absolute Gasteiger partial charge is 0.353 e. The summed E-state index contributed by atoms with van der Waals surface area (Å²) in [5, 5.41) is 8.84. The molecule has 5 nitrogen and oxygen atoms in total. The summed E-state index contributed by atoms with van der Waals surface area (Å²) in [6.07, 6.45) is 1.42. The topological polar surface area (TPSA) is 70.2 Å². The van der Waals surface area contributed by atoms with Crippen molar-refractivity contribution < 1.29 is 9.59 Å². The molecule has 0 saturated carbocycles. The van der Waals surface area contributed by atoms with Gasteiger partial charge in [0, 0.05) is 19.5 Å². The number of benzene rings is 1. The number of amides is 2. The number of rotatable bonds is 9. The molecule has 0 radical (unpaired) electrons. The first-order valence-corrected chi connectivity index (χ1v) is 7.51. The molecular formula is C16H25N3O2. The van der Waals surface area contributed by atoms with Gasteiger partial charge in [-0.15, -0.1) is 0 Å². The zero-order valence-corrected chi connectivity index (χ0v) is 12.8. The summed E-state index contributed by atoms with van der Waals surface area (Å²) >= 11 is 0. The van der Waals surface area contributed by atoms with Crippen LogP contribution in [0, 0.1) is 0 Å². The average molecular weight is 291 g/mol. The Morgan fingerprint density at radius 3 is 2.38 bits per heavy atom. The molecule has 5 heteroatoms. The Morgan fingerprint density at radius 1 is 1.05 bits per heavy atom. The van der Waals surface area contributed by atoms with E-state index in [4.69, 9.17) is 0 Å². The Morgan fingerprint density at radius 2 is 1.76 bits per heavy atom. The predicted octanol–water partition coefficient (Wildman–Crippen LogP) is 1.37. The maximum atomic E-state index is 12.3. The second-order valence-electron chi connectivity index (χ2n) is 4.81. The lowest BCUT2D eigenvalue weighted by molar-refractivity contribution is -0.129. The van der Waals surface area contributed by atoms with Gasteiger partial charge in [0.05, 0.1) is 0 Å². The van der Waals surface area contributed by atoms with Crippen molar-refractivity contribution in [1.82, 2.24) is 16.0 Å². The highest BCUT2D eigenvalue weighted by Gasteiger charge is 2.21. The normalized spacial score (nSPS) is 11.7. The summed E-state index contributed by atoms with van der Waals surface area (Å²) in [5.74, 6) is -0.315. The molecule has 1 aromatic carbocycles. The van der Waals surface area contributed by atoms with Crippen LogP contribution in [0.15, 0.2) is 30.3 Å². The second-order valence-corrected chi connectivity index (χ2v) is 4.81. The van der Waals surface area contributed by atoms with Crippen LogP contribution in [-0.2, 0) is 9.59 Å². The van der Waals surface area contributed by atoms with Crippen LogP contribution in [0.2, 0.25) is 0 Å². The molecule has 3 N–H and O–H groups in total. The van der Waals surface area contributed by atoms with Crippen molar-refractivity contribution in [3.05, 3.63) is 35.9 Å². The predicted molar refractivity (Wildman–Crippen MR) is 83.8 cm³/mol. The van der Waals surface area contributed by atoms with Crippen molar-refractivity contribution >= 4 is 11.8 Å². The molecule has 1 unspecified atom stereocenters. The van der Waals surface area contributed by atoms with Gasteiger partial charge < -0.3 is 16.0 Å². The van der Waals surface area contributed by atoms with E-state index in [1.165, 1.54) is 0 Å². The quantitative estimate of drug-likeness (QED) is 0.602. The highest BCUT2D eigenvalue weighted by Crippen LogP contribution is 2.12. The lowest BCUT2D eigenvalue weighted by Crippen LogP contribution is -2.42. The molecule has 21 heavy (non-hydrogen) atoms. The van der Waals surface area contributed by atoms with Gasteiger partial charge in [0.2, 0.25) is 11.8 Å². The van der Waals surface area contributed by atoms with Gasteiger partial charge in [0.15, 0.2) is 0 Å². The van der Waals surface area contributed by atoms with E-state index in [-0.39, 0.29) is 11.8 Å². The third kappa shape index (κ3) is 6.40. The summed E-state index contributed by atoms with van der Waals surface area (Å²) in [4.78, 5) is 23.9. The summed E-state index contributed by atoms with van der Waals surface area (Å²) in [5.41, 5.74) is 0.790. The summed E-state index contributed by atoms with van der Waals surface area (Å²) < 4.78 is 0. The van der Waals surface area contributed by atoms with E-state index < -0.39 is 6.04 Å². The van der Waals surface area contributed by atoms with Crippen molar-refractivity contribution in [1.29, 1.82) is 0 Å². The highest BCUT2D eigenvalue weighted by molar-refractivity contribution is 5.88. The molecule has 0 aliphatic carbocycles. The molecule has 0 heterocycles. The average Bonchev–Trinajstić information content (AvgIpc) is 2.52. The van der Waals surface area contributed by atoms with E-state index in [0.29, 0.717) is 13.0 Å². The van der Waals surface area contributed by atoms with Crippen LogP contribution in [0.3, 0.4) is 0 Å². The van der Waals surface area contributed by atoms with Gasteiger partial charge in [-0.3, -0.25) is 9.59 Å². The fourth-order valence-corrected chi connectivity index (χ4v) is 1.89. The van der Waals surface area contributed by atoms with Crippen LogP contribution < -0.4 is 16.0 Å². The standard InChI is InChI=1S/C16H25N3O2/c1-3-10-17-11-12-18-16(21)15(19-14(20)4-2)13-8-6-5-7-9-13/h5-9,15,17H,3-4,10-12H2,1-2H3,(H,18,21)(H,19,20). The van der Waals surface area contributed by atoms with Crippen LogP contribution in [0.4, 0.5) is 0 Å². The molecule has 2 amide bonds. The van der Waals surface area contributed by atoms with Crippen molar-refractivity contribution in [2.75, 3.05) is 19.6 Å². The molecule has 0 spiro atoms. The van der Waals surface area contributed by atoms with E-state index in [1.807, 2.05) is 30.3 Å². The summed E-state index contributed by atoms with van der Waals surface area (Å²) in [7, 11) is 0. The maximum absolute atomic E-state index is 12.3. The first kappa shape index (κ1) is 17.2. The van der Waals surface area contributed by atoms with Gasteiger partial charge in [0.1, 0.15) is 6.04 Å². The van der Waals surface area contributed by atoms with Gasteiger partial charge in [-0.1, -0.05) is 44.2 Å². The molecule has 0 aliphatic rings. The fraction of sp³-hybridized carbons (Fsp3) is 0.500. The molecule has 0 saturated heterocycles. The second kappa shape index (κ2) is 9.94. The van der Waals surface area contributed by atoms with E-state index in [9.17, 15) is 9.59 Å². The zero-order valence-electron chi connectivity index (χ0n) is 12.8. The molecule has 1 aromatic rings. The first-order chi connectivity index (χ1) is 10.2. The third-order valence-electron chi connectivity index (χ3n) is 3.05. The van der Waals surface area contributed by atoms with E-state index >= 15 is 0 Å². The monoisotopic (exact) mass is 291 g/mol. The van der Waals surface area contributed by atoms with Crippen molar-refractivity contribution in [3.8, 4) is 0 Å². The number of carbonyl (C=O) groups excluding carboxylic acids is 2. The summed E-state index contributed by atoms with van der Waals surface area (Å²) in [6, 6.07) is 8.65. The van der Waals surface area contributed by atoms with Crippen LogP contribution in [0.25, 0.3) is 0 Å². The molecule has 0 aromatic heterocycles. The Hall–Kier alpha value is -1.88. The van der Waals surface area contributed by atoms with Crippen LogP contribution in [0.5, 0.6) is 0 Å². The lowest BCUT2D eigenvalue weighted by Gasteiger charge is -2.18. The minimum Gasteiger partial charge on any atom is -0.353 e. The van der Waals surface area contributed by atoms with Gasteiger partial charge in [-0.25, -0.2) is 0 Å². The van der Waals surface area contributed by atoms with Crippen molar-refractivity contribution in [3.63, 3.8) is 0 Å². The Bertz CT molecular complexity index is 434. The van der Waals surface area contributed by atoms with Crippen LogP contribution in [-0.4, -0.2) is 31.4 Å². The molecule has 0 fully saturated rings. The number of carbonyl (C=O) groups is 2. The maximum Gasteiger partial charge on any atom is 0.247 e. The number of hydrogen-bond donors (Lipinski definition) is 3. The Balaban J connectivity index is 2.59. The van der Waals surface area contributed by atoms with Gasteiger partial charge >= 0.3 is 0 Å². The molecule has 0 bridgehead atoms. The lowest BCUT2D eigenvalue weighted by atomic mass is 10.1. The highest BCUT2D eigenvalue weighted by atomic mass is 16.2. The Kier molecular flexibility index (Phi) is 8.12. The van der Waals surface area contributed by atoms with Gasteiger partial charge in [-0.2, -0.15) is 0 Å². The molecule has 1 atom stereocenters. The summed E-state index contributed by atoms with van der Waals surface area (Å²) in [6.45, 7) is 6.07. The minimum absolute atomic E-state index is 0.136. The Labute approximate surface area is 126 Å². The minimum atomic E-state index is -0.634. The van der Waals surface area contributed by atoms with E-state index in [1.54, 1.807) is 6.92 Å². The van der Waals surface area contributed by atoms with Gasteiger partial charge in [0.25, 0.3) is 0 Å². The number of hydrogen-bond acceptors (Lipinski definition) is 3. The smallest absolute Gasteiger partial charge is 0.247 e. The van der Waals surface area contributed by atoms with Crippen LogP contribution in [0.1, 0.15) is 38.3 Å². The third-order valence-corrected chi connectivity index (χ3v) is 3.05. The van der Waals surface area contributed by atoms with Crippen molar-refractivity contribution in [2.24, 2.45) is 0 Å². The molecule has 1 rings (SSSR count). The van der Waals surface area contributed by atoms with E-state index in [0.717, 1.165) is 25.1 Å². The zero-order chi connectivity index (χ0) is 15.5. The van der Waals surface area contributed by atoms with Crippen molar-refractivity contribution in [2.45, 2.75) is 32.7 Å². The van der Waals surface area contributed by atoms with Gasteiger partial charge in [-0.05, 0) is 18.5 Å². The number of nitrogens with one attached hydrogen (secondary N) is 3. The molecule has 116 valence electrons. The van der Waals surface area contributed by atoms with E-state index in [2.05, 4.69) is 22.9 Å². The van der Waals surface area contributed by atoms with Crippen LogP contribution >= 0.6 is 0 Å². The first-order valence-electron chi connectivity index (χ1n) is 7.51. The molecule has 0 aliphatic heterocycles. The fourth-order valence-electron chi connectivity index (χ4n) is 1.89. The molecular weight excluding hydrogens is 266 g/mol. The SMILES string of the molecule is CCCNCCNC(=O)C(NC(=O)CC)c1ccccc1.